The number of thioether (sulfide) groups is 1. The highest BCUT2D eigenvalue weighted by Gasteiger charge is 2.44. The van der Waals surface area contributed by atoms with Crippen molar-refractivity contribution in [2.45, 2.75) is 11.8 Å². The van der Waals surface area contributed by atoms with Crippen molar-refractivity contribution < 1.29 is 14.7 Å². The first-order valence-electron chi connectivity index (χ1n) is 3.11. The highest BCUT2D eigenvalue weighted by Crippen LogP contribution is 2.40. The zero-order valence-corrected chi connectivity index (χ0v) is 6.30. The van der Waals surface area contributed by atoms with E-state index in [1.165, 1.54) is 22.1 Å². The number of hydrogen-bond donors (Lipinski definition) is 1. The van der Waals surface area contributed by atoms with E-state index in [1.54, 1.807) is 0 Å². The Hall–Kier alpha value is -0.970. The molecule has 0 radical (unpaired) electrons. The van der Waals surface area contributed by atoms with E-state index < -0.39 is 5.97 Å². The maximum atomic E-state index is 10.8. The molecule has 0 spiro atoms. The molecule has 0 unspecified atom stereocenters. The Labute approximate surface area is 66.9 Å². The standard InChI is InChI=1S/C6H5NO3S/c8-4-1-5-7(4)3(2-11-5)6(9)10/h2,5H,1H2,(H,9,10)/t5-/m1/s1. The molecule has 2 aliphatic rings. The van der Waals surface area contributed by atoms with E-state index in [-0.39, 0.29) is 17.0 Å². The summed E-state index contributed by atoms with van der Waals surface area (Å²) in [5.74, 6) is -1.11. The summed E-state index contributed by atoms with van der Waals surface area (Å²) in [6.07, 6.45) is 0.470. The molecule has 1 N–H and O–H groups in total. The number of β-lactam (4-membered cyclic amide) rings is 1. The Morgan fingerprint density at radius 2 is 2.55 bits per heavy atom. The summed E-state index contributed by atoms with van der Waals surface area (Å²) in [5, 5.41) is 10.2. The zero-order chi connectivity index (χ0) is 8.01. The minimum atomic E-state index is -1.02. The molecule has 1 amide bonds. The third-order valence-electron chi connectivity index (χ3n) is 1.72. The minimum absolute atomic E-state index is 0.0635. The second kappa shape index (κ2) is 2.01. The van der Waals surface area contributed by atoms with Crippen LogP contribution in [0, 0.1) is 0 Å². The van der Waals surface area contributed by atoms with Crippen molar-refractivity contribution in [1.29, 1.82) is 0 Å². The fourth-order valence-corrected chi connectivity index (χ4v) is 2.23. The number of rotatable bonds is 1. The van der Waals surface area contributed by atoms with Crippen LogP contribution in [0.3, 0.4) is 0 Å². The molecule has 0 aromatic carbocycles. The van der Waals surface area contributed by atoms with E-state index >= 15 is 0 Å². The predicted molar refractivity (Wildman–Crippen MR) is 38.6 cm³/mol. The Balaban J connectivity index is 2.24. The number of nitrogens with zero attached hydrogens (tertiary/aromatic N) is 1. The summed E-state index contributed by atoms with van der Waals surface area (Å²) in [6.45, 7) is 0. The van der Waals surface area contributed by atoms with Gasteiger partial charge >= 0.3 is 5.97 Å². The summed E-state index contributed by atoms with van der Waals surface area (Å²) < 4.78 is 0. The van der Waals surface area contributed by atoms with E-state index in [0.29, 0.717) is 6.42 Å². The van der Waals surface area contributed by atoms with Gasteiger partial charge in [-0.15, -0.1) is 11.8 Å². The van der Waals surface area contributed by atoms with Crippen molar-refractivity contribution in [3.63, 3.8) is 0 Å². The number of fused-ring (bicyclic) bond motifs is 1. The molecule has 0 bridgehead atoms. The molecule has 2 heterocycles. The summed E-state index contributed by atoms with van der Waals surface area (Å²) in [4.78, 5) is 22.6. The summed E-state index contributed by atoms with van der Waals surface area (Å²) in [7, 11) is 0. The van der Waals surface area contributed by atoms with Crippen molar-refractivity contribution >= 4 is 23.6 Å². The van der Waals surface area contributed by atoms with E-state index in [0.717, 1.165) is 0 Å². The lowest BCUT2D eigenvalue weighted by Crippen LogP contribution is -2.48. The summed E-state index contributed by atoms with van der Waals surface area (Å²) in [6, 6.07) is 0. The van der Waals surface area contributed by atoms with Gasteiger partial charge in [-0.3, -0.25) is 9.69 Å². The fourth-order valence-electron chi connectivity index (χ4n) is 1.14. The molecular formula is C6H5NO3S. The van der Waals surface area contributed by atoms with Crippen LogP contribution in [0.15, 0.2) is 11.1 Å². The number of carboxylic acids is 1. The number of carbonyl (C=O) groups excluding carboxylic acids is 1. The second-order valence-electron chi connectivity index (χ2n) is 2.37. The van der Waals surface area contributed by atoms with Gasteiger partial charge in [-0.2, -0.15) is 0 Å². The molecule has 1 saturated heterocycles. The van der Waals surface area contributed by atoms with Gasteiger partial charge in [0.15, 0.2) is 0 Å². The average molecular weight is 171 g/mol. The molecule has 2 rings (SSSR count). The fraction of sp³-hybridized carbons (Fsp3) is 0.333. The smallest absolute Gasteiger partial charge is 0.353 e. The van der Waals surface area contributed by atoms with E-state index in [9.17, 15) is 9.59 Å². The monoisotopic (exact) mass is 171 g/mol. The topological polar surface area (TPSA) is 57.6 Å². The summed E-state index contributed by atoms with van der Waals surface area (Å²) in [5.41, 5.74) is 0.122. The van der Waals surface area contributed by atoms with Gasteiger partial charge < -0.3 is 5.11 Å². The van der Waals surface area contributed by atoms with Gasteiger partial charge in [0.25, 0.3) is 0 Å². The molecule has 2 aliphatic heterocycles. The van der Waals surface area contributed by atoms with Crippen molar-refractivity contribution in [3.8, 4) is 0 Å². The first-order valence-corrected chi connectivity index (χ1v) is 4.05. The van der Waals surface area contributed by atoms with Gasteiger partial charge in [-0.1, -0.05) is 0 Å². The lowest BCUT2D eigenvalue weighted by atomic mass is 10.2. The Kier molecular flexibility index (Phi) is 1.23. The number of amides is 1. The molecule has 4 nitrogen and oxygen atoms in total. The van der Waals surface area contributed by atoms with Crippen LogP contribution in [-0.2, 0) is 9.59 Å². The van der Waals surface area contributed by atoms with Crippen molar-refractivity contribution in [2.75, 3.05) is 0 Å². The molecule has 0 saturated carbocycles. The van der Waals surface area contributed by atoms with Crippen LogP contribution in [0.2, 0.25) is 0 Å². The molecule has 58 valence electrons. The van der Waals surface area contributed by atoms with E-state index in [2.05, 4.69) is 0 Å². The molecule has 11 heavy (non-hydrogen) atoms. The Morgan fingerprint density at radius 3 is 3.00 bits per heavy atom. The Morgan fingerprint density at radius 1 is 1.82 bits per heavy atom. The van der Waals surface area contributed by atoms with Crippen LogP contribution in [-0.4, -0.2) is 27.3 Å². The average Bonchev–Trinajstić information content (AvgIpc) is 2.25. The normalized spacial score (nSPS) is 27.6. The van der Waals surface area contributed by atoms with E-state index in [4.69, 9.17) is 5.11 Å². The van der Waals surface area contributed by atoms with Gasteiger partial charge in [0.2, 0.25) is 5.91 Å². The quantitative estimate of drug-likeness (QED) is 0.573. The molecule has 1 atom stereocenters. The lowest BCUT2D eigenvalue weighted by molar-refractivity contribution is -0.145. The third kappa shape index (κ3) is 0.773. The summed E-state index contributed by atoms with van der Waals surface area (Å²) >= 11 is 1.39. The molecule has 0 aromatic heterocycles. The Bertz CT molecular complexity index is 273. The number of carbonyl (C=O) groups is 2. The van der Waals surface area contributed by atoms with Crippen molar-refractivity contribution in [3.05, 3.63) is 11.1 Å². The molecule has 1 fully saturated rings. The van der Waals surface area contributed by atoms with E-state index in [1.807, 2.05) is 0 Å². The molecule has 0 aromatic rings. The van der Waals surface area contributed by atoms with Gasteiger partial charge in [-0.05, 0) is 0 Å². The van der Waals surface area contributed by atoms with Crippen LogP contribution in [0.25, 0.3) is 0 Å². The van der Waals surface area contributed by atoms with Crippen LogP contribution < -0.4 is 0 Å². The lowest BCUT2D eigenvalue weighted by Gasteiger charge is -2.34. The number of carboxylic acid groups (broad SMARTS) is 1. The predicted octanol–water partition coefficient (Wildman–Crippen LogP) is 0.218. The maximum absolute atomic E-state index is 10.8. The highest BCUT2D eigenvalue weighted by molar-refractivity contribution is 8.03. The zero-order valence-electron chi connectivity index (χ0n) is 5.48. The number of hydrogen-bond acceptors (Lipinski definition) is 3. The largest absolute Gasteiger partial charge is 0.477 e. The van der Waals surface area contributed by atoms with Crippen molar-refractivity contribution in [1.82, 2.24) is 4.90 Å². The first kappa shape index (κ1) is 6.72. The maximum Gasteiger partial charge on any atom is 0.353 e. The minimum Gasteiger partial charge on any atom is -0.477 e. The van der Waals surface area contributed by atoms with Crippen LogP contribution in [0.1, 0.15) is 6.42 Å². The number of aliphatic carboxylic acids is 1. The van der Waals surface area contributed by atoms with Crippen LogP contribution >= 0.6 is 11.8 Å². The van der Waals surface area contributed by atoms with Gasteiger partial charge in [0.1, 0.15) is 5.70 Å². The van der Waals surface area contributed by atoms with Gasteiger partial charge in [0.05, 0.1) is 11.8 Å². The van der Waals surface area contributed by atoms with Gasteiger partial charge in [0, 0.05) is 5.41 Å². The van der Waals surface area contributed by atoms with Gasteiger partial charge in [-0.25, -0.2) is 4.79 Å². The SMILES string of the molecule is O=C(O)C1=CS[C@@H]2CC(=O)N12. The van der Waals surface area contributed by atoms with Crippen LogP contribution in [0.4, 0.5) is 0 Å². The van der Waals surface area contributed by atoms with Crippen LogP contribution in [0.5, 0.6) is 0 Å². The first-order chi connectivity index (χ1) is 5.20. The highest BCUT2D eigenvalue weighted by atomic mass is 32.2. The molecule has 5 heteroatoms. The third-order valence-corrected chi connectivity index (χ3v) is 2.77. The molecular weight excluding hydrogens is 166 g/mol. The second-order valence-corrected chi connectivity index (χ2v) is 3.42. The molecule has 0 aliphatic carbocycles. The van der Waals surface area contributed by atoms with Crippen molar-refractivity contribution in [2.24, 2.45) is 0 Å².